The molecule has 1 rings (SSSR count). The van der Waals surface area contributed by atoms with E-state index in [4.69, 9.17) is 13.3 Å². The highest BCUT2D eigenvalue weighted by Crippen LogP contribution is 2.54. The summed E-state index contributed by atoms with van der Waals surface area (Å²) in [7, 11) is 2.74. The van der Waals surface area contributed by atoms with E-state index in [2.05, 4.69) is 6.92 Å². The zero-order chi connectivity index (χ0) is 12.1. The summed E-state index contributed by atoms with van der Waals surface area (Å²) < 4.78 is 17.2. The summed E-state index contributed by atoms with van der Waals surface area (Å²) in [6, 6.07) is 0. The van der Waals surface area contributed by atoms with Gasteiger partial charge in [0.05, 0.1) is 0 Å². The van der Waals surface area contributed by atoms with Crippen LogP contribution in [-0.4, -0.2) is 30.1 Å². The molecule has 0 amide bonds. The first kappa shape index (κ1) is 14.2. The van der Waals surface area contributed by atoms with Crippen LogP contribution < -0.4 is 0 Å². The lowest BCUT2D eigenvalue weighted by molar-refractivity contribution is 0.0726. The molecule has 0 heterocycles. The molecule has 0 unspecified atom stereocenters. The van der Waals surface area contributed by atoms with E-state index in [0.29, 0.717) is 0 Å². The van der Waals surface area contributed by atoms with Gasteiger partial charge in [-0.3, -0.25) is 0 Å². The predicted octanol–water partition coefficient (Wildman–Crippen LogP) is 3.37. The van der Waals surface area contributed by atoms with Gasteiger partial charge >= 0.3 is 8.80 Å². The monoisotopic (exact) mass is 246 g/mol. The SMILES string of the molecule is CCCC1([Si](OC)(OC)OC)CCCCC1. The van der Waals surface area contributed by atoms with E-state index in [-0.39, 0.29) is 5.04 Å². The Hall–Kier alpha value is 0.0969. The summed E-state index contributed by atoms with van der Waals surface area (Å²) in [5.41, 5.74) is 0. The van der Waals surface area contributed by atoms with Gasteiger partial charge in [-0.25, -0.2) is 0 Å². The molecule has 1 fully saturated rings. The highest BCUT2D eigenvalue weighted by molar-refractivity contribution is 6.64. The number of hydrogen-bond donors (Lipinski definition) is 0. The van der Waals surface area contributed by atoms with Gasteiger partial charge in [-0.05, 0) is 19.3 Å². The molecule has 4 heteroatoms. The van der Waals surface area contributed by atoms with Gasteiger partial charge in [0.25, 0.3) is 0 Å². The first-order valence-corrected chi connectivity index (χ1v) is 8.08. The Kier molecular flexibility index (Phi) is 5.44. The van der Waals surface area contributed by atoms with E-state index >= 15 is 0 Å². The van der Waals surface area contributed by atoms with Crippen molar-refractivity contribution in [2.24, 2.45) is 0 Å². The molecule has 0 aromatic heterocycles. The van der Waals surface area contributed by atoms with Crippen LogP contribution >= 0.6 is 0 Å². The second-order valence-corrected chi connectivity index (χ2v) is 8.16. The fourth-order valence-electron chi connectivity index (χ4n) is 3.32. The molecule has 0 spiro atoms. The van der Waals surface area contributed by atoms with Gasteiger partial charge in [-0.1, -0.05) is 32.6 Å². The maximum atomic E-state index is 5.73. The Morgan fingerprint density at radius 1 is 0.938 bits per heavy atom. The third-order valence-corrected chi connectivity index (χ3v) is 7.66. The minimum atomic E-state index is -2.49. The average Bonchev–Trinajstić information content (AvgIpc) is 2.33. The summed E-state index contributed by atoms with van der Waals surface area (Å²) in [5.74, 6) is 0. The minimum absolute atomic E-state index is 0.165. The van der Waals surface area contributed by atoms with E-state index in [1.54, 1.807) is 21.3 Å². The van der Waals surface area contributed by atoms with Crippen LogP contribution in [0.1, 0.15) is 51.9 Å². The van der Waals surface area contributed by atoms with Crippen LogP contribution in [0.3, 0.4) is 0 Å². The third kappa shape index (κ3) is 2.35. The van der Waals surface area contributed by atoms with E-state index in [1.807, 2.05) is 0 Å². The van der Waals surface area contributed by atoms with Crippen LogP contribution in [-0.2, 0) is 13.3 Å². The van der Waals surface area contributed by atoms with Crippen molar-refractivity contribution in [3.8, 4) is 0 Å². The second kappa shape index (κ2) is 6.14. The van der Waals surface area contributed by atoms with Crippen LogP contribution in [0, 0.1) is 0 Å². The Bertz CT molecular complexity index is 185. The molecular formula is C12H26O3Si. The fourth-order valence-corrected chi connectivity index (χ4v) is 6.64. The van der Waals surface area contributed by atoms with Gasteiger partial charge in [0.15, 0.2) is 0 Å². The number of hydrogen-bond acceptors (Lipinski definition) is 3. The molecule has 0 bridgehead atoms. The molecule has 0 atom stereocenters. The van der Waals surface area contributed by atoms with Crippen molar-refractivity contribution in [2.75, 3.05) is 21.3 Å². The van der Waals surface area contributed by atoms with Crippen molar-refractivity contribution in [1.29, 1.82) is 0 Å². The first-order valence-electron chi connectivity index (χ1n) is 6.35. The van der Waals surface area contributed by atoms with Crippen molar-refractivity contribution in [3.05, 3.63) is 0 Å². The molecule has 0 aromatic rings. The predicted molar refractivity (Wildman–Crippen MR) is 67.5 cm³/mol. The van der Waals surface area contributed by atoms with Gasteiger partial charge in [0.2, 0.25) is 0 Å². The standard InChI is InChI=1S/C12H26O3Si/c1-5-9-12(10-7-6-8-11-12)16(13-2,14-3)15-4/h5-11H2,1-4H3. The maximum Gasteiger partial charge on any atom is 0.506 e. The molecule has 96 valence electrons. The van der Waals surface area contributed by atoms with E-state index < -0.39 is 8.80 Å². The van der Waals surface area contributed by atoms with Crippen molar-refractivity contribution in [3.63, 3.8) is 0 Å². The maximum absolute atomic E-state index is 5.73. The Labute approximate surface area is 101 Å². The first-order chi connectivity index (χ1) is 7.70. The molecule has 1 saturated carbocycles. The summed E-state index contributed by atoms with van der Waals surface area (Å²) >= 11 is 0. The number of rotatable bonds is 6. The molecule has 0 aromatic carbocycles. The van der Waals surface area contributed by atoms with Crippen LogP contribution in [0.5, 0.6) is 0 Å². The molecule has 0 N–H and O–H groups in total. The average molecular weight is 246 g/mol. The van der Waals surface area contributed by atoms with E-state index in [0.717, 1.165) is 6.42 Å². The lowest BCUT2D eigenvalue weighted by atomic mass is 9.85. The normalized spacial score (nSPS) is 21.0. The van der Waals surface area contributed by atoms with E-state index in [1.165, 1.54) is 38.5 Å². The fraction of sp³-hybridized carbons (Fsp3) is 1.00. The van der Waals surface area contributed by atoms with Gasteiger partial charge in [-0.15, -0.1) is 0 Å². The molecule has 0 radical (unpaired) electrons. The topological polar surface area (TPSA) is 27.7 Å². The van der Waals surface area contributed by atoms with Crippen LogP contribution in [0.25, 0.3) is 0 Å². The molecule has 16 heavy (non-hydrogen) atoms. The highest BCUT2D eigenvalue weighted by Gasteiger charge is 2.58. The second-order valence-electron chi connectivity index (χ2n) is 4.76. The minimum Gasteiger partial charge on any atom is -0.377 e. The largest absolute Gasteiger partial charge is 0.506 e. The van der Waals surface area contributed by atoms with Crippen LogP contribution in [0.4, 0.5) is 0 Å². The summed E-state index contributed by atoms with van der Waals surface area (Å²) in [4.78, 5) is 0. The lowest BCUT2D eigenvalue weighted by Gasteiger charge is -2.46. The van der Waals surface area contributed by atoms with Gasteiger partial charge in [0, 0.05) is 26.4 Å². The molecular weight excluding hydrogens is 220 g/mol. The van der Waals surface area contributed by atoms with Crippen molar-refractivity contribution >= 4 is 8.80 Å². The summed E-state index contributed by atoms with van der Waals surface area (Å²) in [6.07, 6.45) is 8.63. The molecule has 1 aliphatic rings. The van der Waals surface area contributed by atoms with Crippen LogP contribution in [0.15, 0.2) is 0 Å². The summed E-state index contributed by atoms with van der Waals surface area (Å²) in [5, 5.41) is 0.165. The molecule has 1 aliphatic carbocycles. The van der Waals surface area contributed by atoms with Gasteiger partial charge in [0.1, 0.15) is 0 Å². The Morgan fingerprint density at radius 2 is 1.44 bits per heavy atom. The smallest absolute Gasteiger partial charge is 0.377 e. The highest BCUT2D eigenvalue weighted by atomic mass is 28.4. The summed E-state index contributed by atoms with van der Waals surface area (Å²) in [6.45, 7) is 2.23. The zero-order valence-corrected chi connectivity index (χ0v) is 12.2. The Morgan fingerprint density at radius 3 is 1.81 bits per heavy atom. The van der Waals surface area contributed by atoms with Crippen molar-refractivity contribution in [1.82, 2.24) is 0 Å². The third-order valence-electron chi connectivity index (χ3n) is 3.99. The van der Waals surface area contributed by atoms with Crippen molar-refractivity contribution < 1.29 is 13.3 Å². The zero-order valence-electron chi connectivity index (χ0n) is 11.2. The molecule has 0 aliphatic heterocycles. The van der Waals surface area contributed by atoms with Crippen LogP contribution in [0.2, 0.25) is 5.04 Å². The Balaban J connectivity index is 2.95. The van der Waals surface area contributed by atoms with Gasteiger partial charge in [-0.2, -0.15) is 0 Å². The van der Waals surface area contributed by atoms with Crippen molar-refractivity contribution in [2.45, 2.75) is 56.9 Å². The molecule has 3 nitrogen and oxygen atoms in total. The van der Waals surface area contributed by atoms with E-state index in [9.17, 15) is 0 Å². The lowest BCUT2D eigenvalue weighted by Crippen LogP contribution is -2.55. The quantitative estimate of drug-likeness (QED) is 0.673. The van der Waals surface area contributed by atoms with Gasteiger partial charge < -0.3 is 13.3 Å². The molecule has 0 saturated heterocycles.